The van der Waals surface area contributed by atoms with Crippen LogP contribution < -0.4 is 14.8 Å². The highest BCUT2D eigenvalue weighted by Crippen LogP contribution is 2.14. The van der Waals surface area contributed by atoms with Crippen LogP contribution in [0.1, 0.15) is 25.5 Å². The fourth-order valence-corrected chi connectivity index (χ4v) is 1.87. The number of aromatic nitrogens is 2. The molecule has 0 aliphatic carbocycles. The van der Waals surface area contributed by atoms with E-state index in [0.717, 1.165) is 18.7 Å². The average Bonchev–Trinajstić information content (AvgIpc) is 2.79. The molecule has 1 aliphatic rings. The molecule has 0 radical (unpaired) electrons. The lowest BCUT2D eigenvalue weighted by atomic mass is 10.2. The van der Waals surface area contributed by atoms with Crippen molar-refractivity contribution in [3.05, 3.63) is 11.8 Å². The number of nitrogens with one attached hydrogen (secondary N) is 1. The summed E-state index contributed by atoms with van der Waals surface area (Å²) >= 11 is 0. The fourth-order valence-electron chi connectivity index (χ4n) is 1.87. The van der Waals surface area contributed by atoms with Crippen molar-refractivity contribution in [3.63, 3.8) is 0 Å². The standard InChI is InChI=1S/C12H19N3O2/c1-3-16-11-7-9(2)14-12(15-11)17-8-10-5-4-6-13-10/h7,10,13H,3-6,8H2,1-2H3. The van der Waals surface area contributed by atoms with E-state index in [-0.39, 0.29) is 0 Å². The van der Waals surface area contributed by atoms with Crippen molar-refractivity contribution in [2.45, 2.75) is 32.7 Å². The molecule has 0 saturated carbocycles. The van der Waals surface area contributed by atoms with Crippen molar-refractivity contribution >= 4 is 0 Å². The molecule has 2 heterocycles. The Labute approximate surface area is 102 Å². The Bertz CT molecular complexity index is 365. The van der Waals surface area contributed by atoms with Gasteiger partial charge in [0.05, 0.1) is 6.61 Å². The van der Waals surface area contributed by atoms with Gasteiger partial charge in [0.15, 0.2) is 0 Å². The van der Waals surface area contributed by atoms with Crippen LogP contribution in [0.4, 0.5) is 0 Å². The van der Waals surface area contributed by atoms with E-state index >= 15 is 0 Å². The van der Waals surface area contributed by atoms with Crippen LogP contribution in [0.25, 0.3) is 0 Å². The molecule has 0 bridgehead atoms. The summed E-state index contributed by atoms with van der Waals surface area (Å²) in [5.41, 5.74) is 0.859. The predicted molar refractivity (Wildman–Crippen MR) is 64.5 cm³/mol. The Hall–Kier alpha value is -1.36. The molecular formula is C12H19N3O2. The average molecular weight is 237 g/mol. The molecule has 94 valence electrons. The topological polar surface area (TPSA) is 56.3 Å². The van der Waals surface area contributed by atoms with Gasteiger partial charge in [-0.3, -0.25) is 0 Å². The SMILES string of the molecule is CCOc1cc(C)nc(OCC2CCCN2)n1. The second-order valence-electron chi connectivity index (χ2n) is 4.17. The lowest BCUT2D eigenvalue weighted by Crippen LogP contribution is -2.28. The molecule has 2 rings (SSSR count). The molecule has 1 aromatic heterocycles. The van der Waals surface area contributed by atoms with E-state index in [1.807, 2.05) is 19.9 Å². The number of hydrogen-bond acceptors (Lipinski definition) is 5. The van der Waals surface area contributed by atoms with Crippen LogP contribution in [0.5, 0.6) is 11.9 Å². The molecule has 5 nitrogen and oxygen atoms in total. The third-order valence-electron chi connectivity index (χ3n) is 2.68. The zero-order valence-corrected chi connectivity index (χ0v) is 10.4. The van der Waals surface area contributed by atoms with E-state index < -0.39 is 0 Å². The van der Waals surface area contributed by atoms with E-state index in [0.29, 0.717) is 31.1 Å². The Balaban J connectivity index is 1.94. The first-order valence-corrected chi connectivity index (χ1v) is 6.12. The summed E-state index contributed by atoms with van der Waals surface area (Å²) in [6.07, 6.45) is 2.37. The van der Waals surface area contributed by atoms with E-state index in [1.54, 1.807) is 0 Å². The van der Waals surface area contributed by atoms with E-state index in [9.17, 15) is 0 Å². The normalized spacial score (nSPS) is 19.3. The molecule has 1 aromatic rings. The number of hydrogen-bond donors (Lipinski definition) is 1. The van der Waals surface area contributed by atoms with Gasteiger partial charge in [0, 0.05) is 17.8 Å². The summed E-state index contributed by atoms with van der Waals surface area (Å²) in [5, 5.41) is 3.37. The smallest absolute Gasteiger partial charge is 0.319 e. The van der Waals surface area contributed by atoms with Crippen LogP contribution >= 0.6 is 0 Å². The summed E-state index contributed by atoms with van der Waals surface area (Å²) < 4.78 is 10.9. The summed E-state index contributed by atoms with van der Waals surface area (Å²) in [6, 6.07) is 2.64. The molecule has 1 fully saturated rings. The quantitative estimate of drug-likeness (QED) is 0.837. The molecule has 0 spiro atoms. The van der Waals surface area contributed by atoms with Gasteiger partial charge in [-0.15, -0.1) is 0 Å². The lowest BCUT2D eigenvalue weighted by molar-refractivity contribution is 0.248. The predicted octanol–water partition coefficient (Wildman–Crippen LogP) is 1.31. The molecule has 17 heavy (non-hydrogen) atoms. The van der Waals surface area contributed by atoms with Gasteiger partial charge in [0.2, 0.25) is 5.88 Å². The molecule has 1 unspecified atom stereocenters. The van der Waals surface area contributed by atoms with Crippen LogP contribution in [0, 0.1) is 6.92 Å². The van der Waals surface area contributed by atoms with Gasteiger partial charge >= 0.3 is 6.01 Å². The van der Waals surface area contributed by atoms with E-state index in [4.69, 9.17) is 9.47 Å². The molecule has 5 heteroatoms. The van der Waals surface area contributed by atoms with Crippen LogP contribution in [0.2, 0.25) is 0 Å². The molecule has 0 amide bonds. The van der Waals surface area contributed by atoms with E-state index in [1.165, 1.54) is 6.42 Å². The van der Waals surface area contributed by atoms with Crippen LogP contribution in [0.15, 0.2) is 6.07 Å². The summed E-state index contributed by atoms with van der Waals surface area (Å²) in [5.74, 6) is 0.578. The number of ether oxygens (including phenoxy) is 2. The molecule has 1 saturated heterocycles. The molecule has 0 aromatic carbocycles. The van der Waals surface area contributed by atoms with Gasteiger partial charge in [0.25, 0.3) is 0 Å². The zero-order chi connectivity index (χ0) is 12.1. The highest BCUT2D eigenvalue weighted by atomic mass is 16.5. The summed E-state index contributed by atoms with van der Waals surface area (Å²) in [7, 11) is 0. The molecule has 1 N–H and O–H groups in total. The highest BCUT2D eigenvalue weighted by Gasteiger charge is 2.15. The Morgan fingerprint density at radius 3 is 3.00 bits per heavy atom. The Kier molecular flexibility index (Phi) is 4.14. The maximum absolute atomic E-state index is 5.59. The maximum atomic E-state index is 5.59. The van der Waals surface area contributed by atoms with Crippen molar-refractivity contribution in [2.24, 2.45) is 0 Å². The van der Waals surface area contributed by atoms with Gasteiger partial charge in [0.1, 0.15) is 6.61 Å². The first-order chi connectivity index (χ1) is 8.28. The van der Waals surface area contributed by atoms with Crippen LogP contribution in [-0.2, 0) is 0 Å². The highest BCUT2D eigenvalue weighted by molar-refractivity contribution is 5.17. The Morgan fingerprint density at radius 2 is 2.29 bits per heavy atom. The third-order valence-corrected chi connectivity index (χ3v) is 2.68. The zero-order valence-electron chi connectivity index (χ0n) is 10.4. The third kappa shape index (κ3) is 3.56. The van der Waals surface area contributed by atoms with Crippen molar-refractivity contribution in [1.29, 1.82) is 0 Å². The van der Waals surface area contributed by atoms with Gasteiger partial charge in [-0.25, -0.2) is 4.98 Å². The molecule has 1 atom stereocenters. The van der Waals surface area contributed by atoms with Crippen molar-refractivity contribution in [3.8, 4) is 11.9 Å². The van der Waals surface area contributed by atoms with Crippen molar-refractivity contribution < 1.29 is 9.47 Å². The van der Waals surface area contributed by atoms with Crippen molar-refractivity contribution in [1.82, 2.24) is 15.3 Å². The van der Waals surface area contributed by atoms with Gasteiger partial charge in [-0.2, -0.15) is 4.98 Å². The monoisotopic (exact) mass is 237 g/mol. The summed E-state index contributed by atoms with van der Waals surface area (Å²) in [4.78, 5) is 8.44. The van der Waals surface area contributed by atoms with Gasteiger partial charge in [-0.1, -0.05) is 0 Å². The number of rotatable bonds is 5. The second-order valence-corrected chi connectivity index (χ2v) is 4.17. The second kappa shape index (κ2) is 5.82. The first-order valence-electron chi connectivity index (χ1n) is 6.12. The minimum absolute atomic E-state index is 0.405. The lowest BCUT2D eigenvalue weighted by Gasteiger charge is -2.11. The summed E-state index contributed by atoms with van der Waals surface area (Å²) in [6.45, 7) is 6.13. The van der Waals surface area contributed by atoms with Gasteiger partial charge in [-0.05, 0) is 33.2 Å². The van der Waals surface area contributed by atoms with Crippen LogP contribution in [0.3, 0.4) is 0 Å². The minimum Gasteiger partial charge on any atom is -0.478 e. The molecular weight excluding hydrogens is 218 g/mol. The maximum Gasteiger partial charge on any atom is 0.319 e. The Morgan fingerprint density at radius 1 is 1.41 bits per heavy atom. The number of aryl methyl sites for hydroxylation is 1. The van der Waals surface area contributed by atoms with Crippen molar-refractivity contribution in [2.75, 3.05) is 19.8 Å². The number of nitrogens with zero attached hydrogens (tertiary/aromatic N) is 2. The molecule has 1 aliphatic heterocycles. The first kappa shape index (κ1) is 12.1. The fraction of sp³-hybridized carbons (Fsp3) is 0.667. The van der Waals surface area contributed by atoms with Crippen LogP contribution in [-0.4, -0.2) is 35.8 Å². The largest absolute Gasteiger partial charge is 0.478 e. The van der Waals surface area contributed by atoms with Gasteiger partial charge < -0.3 is 14.8 Å². The van der Waals surface area contributed by atoms with E-state index in [2.05, 4.69) is 15.3 Å². The minimum atomic E-state index is 0.405.